The average molecular weight is 500 g/mol. The number of alkyl halides is 3. The first-order valence-corrected chi connectivity index (χ1v) is 13.7. The third-order valence-electron chi connectivity index (χ3n) is 8.66. The van der Waals surface area contributed by atoms with Crippen molar-refractivity contribution in [2.45, 2.75) is 91.7 Å². The lowest BCUT2D eigenvalue weighted by atomic mass is 9.57. The second-order valence-electron chi connectivity index (χ2n) is 11.2. The van der Waals surface area contributed by atoms with E-state index < -0.39 is 11.7 Å². The van der Waals surface area contributed by atoms with Crippen LogP contribution in [-0.4, -0.2) is 5.78 Å². The Balaban J connectivity index is 0.00000148. The van der Waals surface area contributed by atoms with Crippen LogP contribution in [0.1, 0.15) is 96.6 Å². The quantitative estimate of drug-likeness (QED) is 0.448. The number of halogens is 3. The minimum absolute atomic E-state index is 0.0177. The summed E-state index contributed by atoms with van der Waals surface area (Å²) >= 11 is 0. The lowest BCUT2D eigenvalue weighted by Crippen LogP contribution is -2.45. The fourth-order valence-electron chi connectivity index (χ4n) is 6.77. The van der Waals surface area contributed by atoms with Gasteiger partial charge in [-0.2, -0.15) is 13.2 Å². The van der Waals surface area contributed by atoms with Crippen molar-refractivity contribution in [3.05, 3.63) is 64.5 Å². The Bertz CT molecular complexity index is 1060. The van der Waals surface area contributed by atoms with Gasteiger partial charge in [-0.15, -0.1) is 0 Å². The first kappa shape index (κ1) is 26.8. The van der Waals surface area contributed by atoms with Gasteiger partial charge in [0.15, 0.2) is 5.78 Å². The van der Waals surface area contributed by atoms with Crippen molar-refractivity contribution in [1.82, 2.24) is 5.32 Å². The van der Waals surface area contributed by atoms with E-state index in [1.165, 1.54) is 18.6 Å². The summed E-state index contributed by atoms with van der Waals surface area (Å²) in [5, 5.41) is 3.70. The molecular weight excluding hydrogens is 459 g/mol. The molecule has 3 aliphatic carbocycles. The predicted octanol–water partition coefficient (Wildman–Crippen LogP) is 8.85. The SMILES string of the molecule is C=C(C1=C(C(C)C)NC2=C(C(=O)CC3(CCC3)C2)C1C1CCCC1)c1ccc(C(F)(F)F)cc1.CC. The minimum atomic E-state index is -4.37. The van der Waals surface area contributed by atoms with Gasteiger partial charge in [0.1, 0.15) is 0 Å². The third kappa shape index (κ3) is 4.82. The van der Waals surface area contributed by atoms with Crippen LogP contribution in [0.3, 0.4) is 0 Å². The minimum Gasteiger partial charge on any atom is -0.361 e. The lowest BCUT2D eigenvalue weighted by molar-refractivity contribution is -0.137. The number of hydrogen-bond acceptors (Lipinski definition) is 2. The van der Waals surface area contributed by atoms with E-state index in [-0.39, 0.29) is 23.0 Å². The van der Waals surface area contributed by atoms with Gasteiger partial charge in [-0.05, 0) is 78.2 Å². The Morgan fingerprint density at radius 2 is 1.64 bits per heavy atom. The number of allylic oxidation sites excluding steroid dienone is 5. The average Bonchev–Trinajstić information content (AvgIpc) is 3.37. The number of carbonyl (C=O) groups excluding carboxylic acids is 1. The van der Waals surface area contributed by atoms with Crippen LogP contribution >= 0.6 is 0 Å². The van der Waals surface area contributed by atoms with Crippen LogP contribution in [0, 0.1) is 23.2 Å². The number of benzene rings is 1. The molecule has 2 saturated carbocycles. The molecule has 1 N–H and O–H groups in total. The molecule has 1 aromatic carbocycles. The molecule has 1 aromatic rings. The standard InChI is InChI=1S/C29H34F3NO.C2H6/c1-17(2)27-24(18(3)19-9-11-21(12-10-19)29(30,31)32)25(20-7-4-5-8-20)26-22(33-27)15-28(13-6-14-28)16-23(26)34;1-2/h9-12,17,20,25,33H,3-8,13-16H2,1-2H3;1-2H3. The molecule has 5 heteroatoms. The Morgan fingerprint density at radius 1 is 1.03 bits per heavy atom. The first-order chi connectivity index (χ1) is 17.1. The van der Waals surface area contributed by atoms with Gasteiger partial charge in [-0.25, -0.2) is 0 Å². The third-order valence-corrected chi connectivity index (χ3v) is 8.66. The van der Waals surface area contributed by atoms with Gasteiger partial charge < -0.3 is 5.32 Å². The van der Waals surface area contributed by atoms with Crippen molar-refractivity contribution in [2.75, 3.05) is 0 Å². The Kier molecular flexibility index (Phi) is 7.60. The molecular formula is C31H40F3NO. The van der Waals surface area contributed by atoms with E-state index in [9.17, 15) is 18.0 Å². The summed E-state index contributed by atoms with van der Waals surface area (Å²) in [6.07, 6.45) is 5.12. The molecule has 2 nitrogen and oxygen atoms in total. The van der Waals surface area contributed by atoms with Crippen molar-refractivity contribution in [3.8, 4) is 0 Å². The van der Waals surface area contributed by atoms with Crippen LogP contribution in [0.5, 0.6) is 0 Å². The maximum atomic E-state index is 13.7. The Hall–Kier alpha value is -2.30. The number of dihydropyridines is 1. The fourth-order valence-corrected chi connectivity index (χ4v) is 6.77. The molecule has 196 valence electrons. The second-order valence-corrected chi connectivity index (χ2v) is 11.2. The number of Topliss-reactive ketones (excluding diaryl/α,β-unsaturated/α-hetero) is 1. The molecule has 5 rings (SSSR count). The molecule has 1 spiro atoms. The highest BCUT2D eigenvalue weighted by Crippen LogP contribution is 2.56. The lowest BCUT2D eigenvalue weighted by Gasteiger charge is -2.49. The molecule has 2 fully saturated rings. The molecule has 1 heterocycles. The van der Waals surface area contributed by atoms with Crippen LogP contribution < -0.4 is 5.32 Å². The normalized spacial score (nSPS) is 23.8. The first-order valence-electron chi connectivity index (χ1n) is 13.7. The fraction of sp³-hybridized carbons (Fsp3) is 0.581. The Morgan fingerprint density at radius 3 is 2.14 bits per heavy atom. The van der Waals surface area contributed by atoms with E-state index >= 15 is 0 Å². The van der Waals surface area contributed by atoms with E-state index in [2.05, 4.69) is 25.7 Å². The van der Waals surface area contributed by atoms with Gasteiger partial charge in [0, 0.05) is 29.3 Å². The van der Waals surface area contributed by atoms with Crippen LogP contribution in [-0.2, 0) is 11.0 Å². The second kappa shape index (κ2) is 10.2. The zero-order valence-corrected chi connectivity index (χ0v) is 22.2. The molecule has 0 amide bonds. The number of ketones is 1. The summed E-state index contributed by atoms with van der Waals surface area (Å²) in [5.74, 6) is 0.816. The smallest absolute Gasteiger partial charge is 0.361 e. The van der Waals surface area contributed by atoms with E-state index in [1.807, 2.05) is 13.8 Å². The summed E-state index contributed by atoms with van der Waals surface area (Å²) in [5.41, 5.74) is 5.08. The zero-order valence-electron chi connectivity index (χ0n) is 22.2. The summed E-state index contributed by atoms with van der Waals surface area (Å²) < 4.78 is 39.4. The van der Waals surface area contributed by atoms with Crippen LogP contribution in [0.2, 0.25) is 0 Å². The predicted molar refractivity (Wildman–Crippen MR) is 140 cm³/mol. The van der Waals surface area contributed by atoms with E-state index in [1.54, 1.807) is 0 Å². The van der Waals surface area contributed by atoms with Crippen molar-refractivity contribution in [3.63, 3.8) is 0 Å². The van der Waals surface area contributed by atoms with Gasteiger partial charge in [-0.3, -0.25) is 4.79 Å². The highest BCUT2D eigenvalue weighted by Gasteiger charge is 2.49. The van der Waals surface area contributed by atoms with Gasteiger partial charge in [-0.1, -0.05) is 65.7 Å². The number of rotatable bonds is 4. The van der Waals surface area contributed by atoms with Crippen molar-refractivity contribution >= 4 is 11.4 Å². The largest absolute Gasteiger partial charge is 0.416 e. The molecule has 1 unspecified atom stereocenters. The molecule has 0 radical (unpaired) electrons. The van der Waals surface area contributed by atoms with Gasteiger partial charge in [0.2, 0.25) is 0 Å². The van der Waals surface area contributed by atoms with E-state index in [0.29, 0.717) is 17.9 Å². The van der Waals surface area contributed by atoms with Crippen LogP contribution in [0.25, 0.3) is 5.57 Å². The van der Waals surface area contributed by atoms with E-state index in [4.69, 9.17) is 0 Å². The number of nitrogens with one attached hydrogen (secondary N) is 1. The summed E-state index contributed by atoms with van der Waals surface area (Å²) in [6, 6.07) is 5.32. The summed E-state index contributed by atoms with van der Waals surface area (Å²) in [6.45, 7) is 12.7. The van der Waals surface area contributed by atoms with Crippen molar-refractivity contribution in [2.24, 2.45) is 23.2 Å². The van der Waals surface area contributed by atoms with E-state index in [0.717, 1.165) is 85.2 Å². The van der Waals surface area contributed by atoms with Crippen molar-refractivity contribution in [1.29, 1.82) is 0 Å². The summed E-state index contributed by atoms with van der Waals surface area (Å²) in [7, 11) is 0. The molecule has 4 aliphatic rings. The van der Waals surface area contributed by atoms with Gasteiger partial charge in [0.05, 0.1) is 5.56 Å². The molecule has 1 aliphatic heterocycles. The topological polar surface area (TPSA) is 29.1 Å². The maximum absolute atomic E-state index is 13.7. The summed E-state index contributed by atoms with van der Waals surface area (Å²) in [4.78, 5) is 13.7. The van der Waals surface area contributed by atoms with Crippen LogP contribution in [0.15, 0.2) is 53.4 Å². The highest BCUT2D eigenvalue weighted by molar-refractivity contribution is 6.00. The highest BCUT2D eigenvalue weighted by atomic mass is 19.4. The molecule has 0 aromatic heterocycles. The molecule has 0 bridgehead atoms. The Labute approximate surface area is 214 Å². The molecule has 36 heavy (non-hydrogen) atoms. The maximum Gasteiger partial charge on any atom is 0.416 e. The van der Waals surface area contributed by atoms with Crippen molar-refractivity contribution < 1.29 is 18.0 Å². The molecule has 0 saturated heterocycles. The number of hydrogen-bond donors (Lipinski definition) is 1. The van der Waals surface area contributed by atoms with Gasteiger partial charge in [0.25, 0.3) is 0 Å². The monoisotopic (exact) mass is 499 g/mol. The zero-order chi connectivity index (χ0) is 26.3. The number of carbonyl (C=O) groups is 1. The van der Waals surface area contributed by atoms with Gasteiger partial charge >= 0.3 is 6.18 Å². The molecule has 1 atom stereocenters. The van der Waals surface area contributed by atoms with Crippen LogP contribution in [0.4, 0.5) is 13.2 Å².